The second-order valence-electron chi connectivity index (χ2n) is 6.89. The van der Waals surface area contributed by atoms with Crippen LogP contribution in [-0.4, -0.2) is 29.0 Å². The number of anilines is 2. The molecular formula is C23H22N4O3. The van der Waals surface area contributed by atoms with Gasteiger partial charge >= 0.3 is 0 Å². The Kier molecular flexibility index (Phi) is 5.26. The van der Waals surface area contributed by atoms with E-state index < -0.39 is 0 Å². The second-order valence-corrected chi connectivity index (χ2v) is 6.89. The van der Waals surface area contributed by atoms with Crippen LogP contribution in [0.15, 0.2) is 67.0 Å². The molecule has 4 rings (SSSR count). The molecule has 0 aliphatic rings. The topological polar surface area (TPSA) is 90.9 Å². The molecular weight excluding hydrogens is 380 g/mol. The maximum atomic E-state index is 12.2. The van der Waals surface area contributed by atoms with Crippen LogP contribution in [0.3, 0.4) is 0 Å². The predicted octanol–water partition coefficient (Wildman–Crippen LogP) is 3.92. The lowest BCUT2D eigenvalue weighted by Gasteiger charge is -2.08. The standard InChI is InChI=1S/C23H22N4O3/c1-15-5-8-17(9-6-15)25-22(28)14-30-21-4-3-11-27-13-19(26-23(21)27)16-7-10-20(29-2)18(24)12-16/h3-13H,14,24H2,1-2H3,(H,25,28). The number of carbonyl (C=O) groups excluding carboxylic acids is 1. The van der Waals surface area contributed by atoms with Gasteiger partial charge < -0.3 is 24.9 Å². The van der Waals surface area contributed by atoms with Crippen LogP contribution in [0.2, 0.25) is 0 Å². The number of hydrogen-bond acceptors (Lipinski definition) is 5. The number of carbonyl (C=O) groups is 1. The summed E-state index contributed by atoms with van der Waals surface area (Å²) in [5, 5.41) is 2.82. The highest BCUT2D eigenvalue weighted by atomic mass is 16.5. The Balaban J connectivity index is 1.51. The average Bonchev–Trinajstić information content (AvgIpc) is 3.19. The number of imidazole rings is 1. The van der Waals surface area contributed by atoms with Crippen molar-refractivity contribution in [3.63, 3.8) is 0 Å². The Hall–Kier alpha value is -4.00. The van der Waals surface area contributed by atoms with Crippen LogP contribution in [0.5, 0.6) is 11.5 Å². The van der Waals surface area contributed by atoms with Crippen molar-refractivity contribution in [3.8, 4) is 22.8 Å². The molecule has 4 aromatic rings. The number of nitrogens with two attached hydrogens (primary N) is 1. The first-order chi connectivity index (χ1) is 14.5. The summed E-state index contributed by atoms with van der Waals surface area (Å²) in [6.07, 6.45) is 3.76. The van der Waals surface area contributed by atoms with Crippen molar-refractivity contribution in [1.29, 1.82) is 0 Å². The van der Waals surface area contributed by atoms with Gasteiger partial charge in [-0.15, -0.1) is 0 Å². The van der Waals surface area contributed by atoms with E-state index in [1.807, 2.05) is 72.2 Å². The zero-order chi connectivity index (χ0) is 21.1. The quantitative estimate of drug-likeness (QED) is 0.477. The van der Waals surface area contributed by atoms with Gasteiger partial charge in [0.25, 0.3) is 5.91 Å². The second kappa shape index (κ2) is 8.16. The largest absolute Gasteiger partial charge is 0.495 e. The average molecular weight is 402 g/mol. The number of aromatic nitrogens is 2. The molecule has 0 saturated heterocycles. The summed E-state index contributed by atoms with van der Waals surface area (Å²) in [6, 6.07) is 16.7. The van der Waals surface area contributed by atoms with Gasteiger partial charge in [0.1, 0.15) is 5.75 Å². The molecule has 0 radical (unpaired) electrons. The van der Waals surface area contributed by atoms with Crippen molar-refractivity contribution >= 4 is 22.9 Å². The maximum Gasteiger partial charge on any atom is 0.262 e. The number of hydrogen-bond donors (Lipinski definition) is 2. The van der Waals surface area contributed by atoms with Crippen molar-refractivity contribution < 1.29 is 14.3 Å². The number of nitrogens with zero attached hydrogens (tertiary/aromatic N) is 2. The highest BCUT2D eigenvalue weighted by molar-refractivity contribution is 5.92. The van der Waals surface area contributed by atoms with E-state index in [2.05, 4.69) is 10.3 Å². The van der Waals surface area contributed by atoms with Crippen LogP contribution in [0, 0.1) is 6.92 Å². The number of methoxy groups -OCH3 is 1. The Morgan fingerprint density at radius 1 is 1.13 bits per heavy atom. The van der Waals surface area contributed by atoms with Crippen LogP contribution in [0.25, 0.3) is 16.9 Å². The number of ether oxygens (including phenoxy) is 2. The number of rotatable bonds is 6. The van der Waals surface area contributed by atoms with Crippen molar-refractivity contribution in [2.45, 2.75) is 6.92 Å². The zero-order valence-corrected chi connectivity index (χ0v) is 16.8. The molecule has 0 aliphatic heterocycles. The highest BCUT2D eigenvalue weighted by Gasteiger charge is 2.12. The lowest BCUT2D eigenvalue weighted by molar-refractivity contribution is -0.118. The van der Waals surface area contributed by atoms with Crippen LogP contribution in [0.4, 0.5) is 11.4 Å². The van der Waals surface area contributed by atoms with Gasteiger partial charge in [-0.3, -0.25) is 4.79 Å². The predicted molar refractivity (Wildman–Crippen MR) is 117 cm³/mol. The summed E-state index contributed by atoms with van der Waals surface area (Å²) in [7, 11) is 1.58. The summed E-state index contributed by atoms with van der Waals surface area (Å²) >= 11 is 0. The van der Waals surface area contributed by atoms with Crippen LogP contribution in [-0.2, 0) is 4.79 Å². The van der Waals surface area contributed by atoms with E-state index in [-0.39, 0.29) is 12.5 Å². The molecule has 0 spiro atoms. The van der Waals surface area contributed by atoms with E-state index in [9.17, 15) is 4.79 Å². The van der Waals surface area contributed by atoms with Gasteiger partial charge in [-0.05, 0) is 49.4 Å². The third-order valence-electron chi connectivity index (χ3n) is 4.67. The maximum absolute atomic E-state index is 12.2. The lowest BCUT2D eigenvalue weighted by atomic mass is 10.1. The van der Waals surface area contributed by atoms with Gasteiger partial charge in [-0.1, -0.05) is 17.7 Å². The molecule has 2 aromatic heterocycles. The Labute approximate surface area is 174 Å². The normalized spacial score (nSPS) is 10.7. The molecule has 1 amide bonds. The van der Waals surface area contributed by atoms with E-state index in [0.29, 0.717) is 22.8 Å². The van der Waals surface area contributed by atoms with E-state index in [0.717, 1.165) is 22.5 Å². The lowest BCUT2D eigenvalue weighted by Crippen LogP contribution is -2.20. The number of aryl methyl sites for hydroxylation is 1. The number of nitrogen functional groups attached to an aromatic ring is 1. The van der Waals surface area contributed by atoms with Gasteiger partial charge in [-0.25, -0.2) is 4.98 Å². The van der Waals surface area contributed by atoms with E-state index in [4.69, 9.17) is 15.2 Å². The number of amides is 1. The van der Waals surface area contributed by atoms with Gasteiger partial charge in [0, 0.05) is 23.6 Å². The molecule has 0 atom stereocenters. The number of benzene rings is 2. The van der Waals surface area contributed by atoms with E-state index in [1.165, 1.54) is 0 Å². The molecule has 30 heavy (non-hydrogen) atoms. The first-order valence-electron chi connectivity index (χ1n) is 9.44. The Morgan fingerprint density at radius 2 is 1.93 bits per heavy atom. The zero-order valence-electron chi connectivity index (χ0n) is 16.8. The van der Waals surface area contributed by atoms with Gasteiger partial charge in [-0.2, -0.15) is 0 Å². The van der Waals surface area contributed by atoms with Crippen LogP contribution in [0.1, 0.15) is 5.56 Å². The van der Waals surface area contributed by atoms with Crippen molar-refractivity contribution in [2.24, 2.45) is 0 Å². The van der Waals surface area contributed by atoms with Crippen molar-refractivity contribution in [2.75, 3.05) is 24.8 Å². The minimum atomic E-state index is -0.240. The van der Waals surface area contributed by atoms with Crippen molar-refractivity contribution in [1.82, 2.24) is 9.38 Å². The first-order valence-corrected chi connectivity index (χ1v) is 9.44. The van der Waals surface area contributed by atoms with Crippen LogP contribution < -0.4 is 20.5 Å². The highest BCUT2D eigenvalue weighted by Crippen LogP contribution is 2.29. The molecule has 0 fully saturated rings. The monoisotopic (exact) mass is 402 g/mol. The van der Waals surface area contributed by atoms with E-state index in [1.54, 1.807) is 13.2 Å². The molecule has 0 aliphatic carbocycles. The minimum Gasteiger partial charge on any atom is -0.495 e. The molecule has 2 aromatic carbocycles. The summed E-state index contributed by atoms with van der Waals surface area (Å²) < 4.78 is 12.8. The third-order valence-corrected chi connectivity index (χ3v) is 4.67. The smallest absolute Gasteiger partial charge is 0.262 e. The minimum absolute atomic E-state index is 0.120. The fourth-order valence-electron chi connectivity index (χ4n) is 3.11. The van der Waals surface area contributed by atoms with Crippen molar-refractivity contribution in [3.05, 3.63) is 72.6 Å². The molecule has 152 valence electrons. The number of pyridine rings is 1. The molecule has 3 N–H and O–H groups in total. The summed E-state index contributed by atoms with van der Waals surface area (Å²) in [6.45, 7) is 1.87. The van der Waals surface area contributed by atoms with Gasteiger partial charge in [0.2, 0.25) is 0 Å². The third kappa shape index (κ3) is 4.05. The molecule has 7 nitrogen and oxygen atoms in total. The molecule has 0 saturated carbocycles. The summed E-state index contributed by atoms with van der Waals surface area (Å²) in [5.41, 5.74) is 10.6. The number of nitrogens with one attached hydrogen (secondary N) is 1. The van der Waals surface area contributed by atoms with Crippen LogP contribution >= 0.6 is 0 Å². The van der Waals surface area contributed by atoms with Gasteiger partial charge in [0.05, 0.1) is 18.5 Å². The van der Waals surface area contributed by atoms with Gasteiger partial charge in [0.15, 0.2) is 18.0 Å². The molecule has 2 heterocycles. The first kappa shape index (κ1) is 19.3. The Morgan fingerprint density at radius 3 is 2.67 bits per heavy atom. The summed E-state index contributed by atoms with van der Waals surface area (Å²) in [4.78, 5) is 16.9. The molecule has 7 heteroatoms. The summed E-state index contributed by atoms with van der Waals surface area (Å²) in [5.74, 6) is 0.894. The van der Waals surface area contributed by atoms with E-state index >= 15 is 0 Å². The fraction of sp³-hybridized carbons (Fsp3) is 0.130. The Bertz CT molecular complexity index is 1200. The SMILES string of the molecule is COc1ccc(-c2cn3cccc(OCC(=O)Nc4ccc(C)cc4)c3n2)cc1N. The molecule has 0 unspecified atom stereocenters. The molecule has 0 bridgehead atoms. The number of fused-ring (bicyclic) bond motifs is 1. The fourth-order valence-corrected chi connectivity index (χ4v) is 3.11.